The lowest BCUT2D eigenvalue weighted by Crippen LogP contribution is -2.32. The molecule has 146 valence electrons. The number of halogens is 3. The number of carbonyl (C=O) groups excluding carboxylic acids is 1. The van der Waals surface area contributed by atoms with Crippen molar-refractivity contribution >= 4 is 5.91 Å². The molecule has 0 atom stereocenters. The molecule has 1 aliphatic carbocycles. The standard InChI is InChI=1S/C19H23F3N4O/c1-2-8-23-9-10-24-18(27)16-12-25-26(17(16)13-6-7-13)15-5-3-4-14(11-15)19(20,21)22/h3-5,11-13,23H,2,6-10H2,1H3,(H,24,27). The number of nitrogens with one attached hydrogen (secondary N) is 2. The smallest absolute Gasteiger partial charge is 0.351 e. The van der Waals surface area contributed by atoms with Gasteiger partial charge in [0, 0.05) is 19.0 Å². The van der Waals surface area contributed by atoms with E-state index in [4.69, 9.17) is 0 Å². The zero-order valence-electron chi connectivity index (χ0n) is 15.1. The summed E-state index contributed by atoms with van der Waals surface area (Å²) in [5, 5.41) is 10.3. The van der Waals surface area contributed by atoms with Crippen LogP contribution in [0, 0.1) is 0 Å². The summed E-state index contributed by atoms with van der Waals surface area (Å²) >= 11 is 0. The van der Waals surface area contributed by atoms with E-state index < -0.39 is 11.7 Å². The summed E-state index contributed by atoms with van der Waals surface area (Å²) in [5.74, 6) is -0.0885. The maximum atomic E-state index is 13.0. The Bertz CT molecular complexity index is 796. The van der Waals surface area contributed by atoms with Crippen molar-refractivity contribution in [2.75, 3.05) is 19.6 Å². The van der Waals surface area contributed by atoms with E-state index in [0.717, 1.165) is 37.9 Å². The van der Waals surface area contributed by atoms with Crippen molar-refractivity contribution in [3.8, 4) is 5.69 Å². The fourth-order valence-corrected chi connectivity index (χ4v) is 2.96. The van der Waals surface area contributed by atoms with Crippen molar-refractivity contribution in [1.82, 2.24) is 20.4 Å². The van der Waals surface area contributed by atoms with Gasteiger partial charge in [-0.3, -0.25) is 4.79 Å². The summed E-state index contributed by atoms with van der Waals surface area (Å²) in [7, 11) is 0. The Labute approximate surface area is 155 Å². The third kappa shape index (κ3) is 4.68. The van der Waals surface area contributed by atoms with Crippen LogP contribution < -0.4 is 10.6 Å². The summed E-state index contributed by atoms with van der Waals surface area (Å²) in [6, 6.07) is 5.02. The van der Waals surface area contributed by atoms with Gasteiger partial charge in [0.1, 0.15) is 0 Å². The van der Waals surface area contributed by atoms with E-state index in [1.807, 2.05) is 0 Å². The third-order valence-corrected chi connectivity index (χ3v) is 4.45. The fourth-order valence-electron chi connectivity index (χ4n) is 2.96. The van der Waals surface area contributed by atoms with E-state index in [1.165, 1.54) is 16.9 Å². The number of rotatable bonds is 8. The molecular weight excluding hydrogens is 357 g/mol. The molecule has 5 nitrogen and oxygen atoms in total. The molecule has 8 heteroatoms. The Morgan fingerprint density at radius 2 is 2.04 bits per heavy atom. The molecule has 1 amide bonds. The quantitative estimate of drug-likeness (QED) is 0.689. The summed E-state index contributed by atoms with van der Waals surface area (Å²) in [6.07, 6.45) is -0.146. The molecule has 27 heavy (non-hydrogen) atoms. The van der Waals surface area contributed by atoms with Crippen LogP contribution in [-0.4, -0.2) is 35.3 Å². The first-order chi connectivity index (χ1) is 12.9. The number of carbonyl (C=O) groups is 1. The van der Waals surface area contributed by atoms with Crippen LogP contribution in [0.3, 0.4) is 0 Å². The molecule has 0 aliphatic heterocycles. The van der Waals surface area contributed by atoms with Crippen molar-refractivity contribution < 1.29 is 18.0 Å². The lowest BCUT2D eigenvalue weighted by Gasteiger charge is -2.12. The first-order valence-corrected chi connectivity index (χ1v) is 9.16. The van der Waals surface area contributed by atoms with Crippen LogP contribution in [0.5, 0.6) is 0 Å². The van der Waals surface area contributed by atoms with Gasteiger partial charge in [-0.25, -0.2) is 4.68 Å². The molecule has 0 bridgehead atoms. The highest BCUT2D eigenvalue weighted by atomic mass is 19.4. The average Bonchev–Trinajstić information content (AvgIpc) is 3.38. The van der Waals surface area contributed by atoms with Crippen molar-refractivity contribution in [2.45, 2.75) is 38.3 Å². The predicted octanol–water partition coefficient (Wildman–Crippen LogP) is 3.50. The first kappa shape index (κ1) is 19.4. The van der Waals surface area contributed by atoms with Crippen LogP contribution >= 0.6 is 0 Å². The van der Waals surface area contributed by atoms with Gasteiger partial charge in [0.05, 0.1) is 28.7 Å². The minimum atomic E-state index is -4.42. The summed E-state index contributed by atoms with van der Waals surface area (Å²) < 4.78 is 40.5. The van der Waals surface area contributed by atoms with Gasteiger partial charge in [0.25, 0.3) is 5.91 Å². The Balaban J connectivity index is 1.81. The van der Waals surface area contributed by atoms with Gasteiger partial charge in [0.2, 0.25) is 0 Å². The lowest BCUT2D eigenvalue weighted by molar-refractivity contribution is -0.137. The molecule has 0 radical (unpaired) electrons. The van der Waals surface area contributed by atoms with Crippen molar-refractivity contribution in [3.63, 3.8) is 0 Å². The zero-order valence-corrected chi connectivity index (χ0v) is 15.1. The molecule has 0 unspecified atom stereocenters. The van der Waals surface area contributed by atoms with Crippen molar-refractivity contribution in [1.29, 1.82) is 0 Å². The zero-order chi connectivity index (χ0) is 19.4. The molecule has 0 spiro atoms. The molecule has 1 aromatic heterocycles. The van der Waals surface area contributed by atoms with Crippen LogP contribution in [0.4, 0.5) is 13.2 Å². The maximum Gasteiger partial charge on any atom is 0.416 e. The van der Waals surface area contributed by atoms with Gasteiger partial charge in [-0.1, -0.05) is 13.0 Å². The summed E-state index contributed by atoms with van der Waals surface area (Å²) in [5.41, 5.74) is 0.708. The number of amides is 1. The van der Waals surface area contributed by atoms with Gasteiger partial charge in [-0.05, 0) is 44.0 Å². The molecule has 2 aromatic rings. The highest BCUT2D eigenvalue weighted by Crippen LogP contribution is 2.42. The second-order valence-corrected chi connectivity index (χ2v) is 6.68. The summed E-state index contributed by atoms with van der Waals surface area (Å²) in [6.45, 7) is 4.10. The lowest BCUT2D eigenvalue weighted by atomic mass is 10.1. The summed E-state index contributed by atoms with van der Waals surface area (Å²) in [4.78, 5) is 12.5. The van der Waals surface area contributed by atoms with E-state index in [9.17, 15) is 18.0 Å². The normalized spacial score (nSPS) is 14.4. The van der Waals surface area contributed by atoms with Crippen LogP contribution in [0.25, 0.3) is 5.69 Å². The third-order valence-electron chi connectivity index (χ3n) is 4.45. The molecule has 1 heterocycles. The Hall–Kier alpha value is -2.35. The highest BCUT2D eigenvalue weighted by Gasteiger charge is 2.34. The molecule has 0 saturated heterocycles. The van der Waals surface area contributed by atoms with E-state index in [2.05, 4.69) is 22.7 Å². The SMILES string of the molecule is CCCNCCNC(=O)c1cnn(-c2cccc(C(F)(F)F)c2)c1C1CC1. The van der Waals surface area contributed by atoms with Gasteiger partial charge in [-0.2, -0.15) is 18.3 Å². The second kappa shape index (κ2) is 8.12. The maximum absolute atomic E-state index is 13.0. The predicted molar refractivity (Wildman–Crippen MR) is 96.0 cm³/mol. The van der Waals surface area contributed by atoms with Gasteiger partial charge in [0.15, 0.2) is 0 Å². The number of hydrogen-bond donors (Lipinski definition) is 2. The molecule has 1 fully saturated rings. The molecule has 1 aliphatic rings. The first-order valence-electron chi connectivity index (χ1n) is 9.16. The van der Waals surface area contributed by atoms with Crippen LogP contribution in [0.2, 0.25) is 0 Å². The van der Waals surface area contributed by atoms with Gasteiger partial charge < -0.3 is 10.6 Å². The number of aromatic nitrogens is 2. The Morgan fingerprint density at radius 1 is 1.26 bits per heavy atom. The highest BCUT2D eigenvalue weighted by molar-refractivity contribution is 5.95. The van der Waals surface area contributed by atoms with E-state index in [-0.39, 0.29) is 11.8 Å². The monoisotopic (exact) mass is 380 g/mol. The van der Waals surface area contributed by atoms with Gasteiger partial charge >= 0.3 is 6.18 Å². The minimum Gasteiger partial charge on any atom is -0.351 e. The molecule has 2 N–H and O–H groups in total. The molecular formula is C19H23F3N4O. The molecule has 1 saturated carbocycles. The van der Waals surface area contributed by atoms with Crippen LogP contribution in [0.1, 0.15) is 53.7 Å². The molecule has 1 aromatic carbocycles. The number of hydrogen-bond acceptors (Lipinski definition) is 3. The second-order valence-electron chi connectivity index (χ2n) is 6.68. The molecule has 3 rings (SSSR count). The fraction of sp³-hybridized carbons (Fsp3) is 0.474. The van der Waals surface area contributed by atoms with Crippen LogP contribution in [-0.2, 0) is 6.18 Å². The van der Waals surface area contributed by atoms with E-state index >= 15 is 0 Å². The van der Waals surface area contributed by atoms with E-state index in [0.29, 0.717) is 30.0 Å². The average molecular weight is 380 g/mol. The minimum absolute atomic E-state index is 0.154. The van der Waals surface area contributed by atoms with E-state index in [1.54, 1.807) is 6.07 Å². The van der Waals surface area contributed by atoms with Gasteiger partial charge in [-0.15, -0.1) is 0 Å². The van der Waals surface area contributed by atoms with Crippen molar-refractivity contribution in [2.24, 2.45) is 0 Å². The van der Waals surface area contributed by atoms with Crippen LogP contribution in [0.15, 0.2) is 30.5 Å². The largest absolute Gasteiger partial charge is 0.416 e. The Morgan fingerprint density at radius 3 is 2.70 bits per heavy atom. The number of nitrogens with zero attached hydrogens (tertiary/aromatic N) is 2. The topological polar surface area (TPSA) is 58.9 Å². The van der Waals surface area contributed by atoms with Crippen molar-refractivity contribution in [3.05, 3.63) is 47.3 Å². The Kier molecular flexibility index (Phi) is 5.84. The number of alkyl halides is 3. The number of benzene rings is 1.